The minimum Gasteiger partial charge on any atom is -0.508 e. The number of aromatic hydroxyl groups is 1. The van der Waals surface area contributed by atoms with Crippen LogP contribution >= 0.6 is 11.6 Å². The van der Waals surface area contributed by atoms with Crippen LogP contribution in [-0.4, -0.2) is 28.3 Å². The van der Waals surface area contributed by atoms with Crippen molar-refractivity contribution in [2.75, 3.05) is 6.54 Å². The molecule has 1 aliphatic heterocycles. The van der Waals surface area contributed by atoms with Crippen molar-refractivity contribution < 1.29 is 23.1 Å². The summed E-state index contributed by atoms with van der Waals surface area (Å²) >= 11 is 5.79. The summed E-state index contributed by atoms with van der Waals surface area (Å²) in [6.07, 6.45) is -4.52. The van der Waals surface area contributed by atoms with Crippen LogP contribution in [-0.2, 0) is 17.4 Å². The average molecular weight is 383 g/mol. The van der Waals surface area contributed by atoms with Crippen molar-refractivity contribution >= 4 is 23.2 Å². The van der Waals surface area contributed by atoms with Gasteiger partial charge in [-0.25, -0.2) is 5.01 Å². The van der Waals surface area contributed by atoms with Crippen LogP contribution in [0.15, 0.2) is 47.6 Å². The fourth-order valence-corrected chi connectivity index (χ4v) is 2.93. The quantitative estimate of drug-likeness (QED) is 0.863. The number of phenols is 1. The van der Waals surface area contributed by atoms with Crippen LogP contribution in [0.1, 0.15) is 23.1 Å². The van der Waals surface area contributed by atoms with Gasteiger partial charge in [0.15, 0.2) is 0 Å². The lowest BCUT2D eigenvalue weighted by Gasteiger charge is -2.15. The summed E-state index contributed by atoms with van der Waals surface area (Å²) in [5.74, 6) is -0.424. The van der Waals surface area contributed by atoms with Gasteiger partial charge in [0.25, 0.3) is 0 Å². The van der Waals surface area contributed by atoms with E-state index in [0.717, 1.165) is 23.8 Å². The van der Waals surface area contributed by atoms with Gasteiger partial charge in [0.2, 0.25) is 5.91 Å². The predicted octanol–water partition coefficient (Wildman–Crippen LogP) is 4.24. The Labute approximate surface area is 152 Å². The molecule has 2 aromatic rings. The fourth-order valence-electron chi connectivity index (χ4n) is 2.73. The fraction of sp³-hybridized carbons (Fsp3) is 0.222. The molecule has 0 spiro atoms. The van der Waals surface area contributed by atoms with Crippen LogP contribution in [0.25, 0.3) is 0 Å². The molecule has 0 saturated carbocycles. The molecule has 26 heavy (non-hydrogen) atoms. The average Bonchev–Trinajstić information content (AvgIpc) is 3.04. The first kappa shape index (κ1) is 18.3. The third kappa shape index (κ3) is 3.99. The number of rotatable bonds is 3. The second-order valence-corrected chi connectivity index (χ2v) is 6.27. The van der Waals surface area contributed by atoms with Crippen molar-refractivity contribution in [2.24, 2.45) is 5.10 Å². The Hall–Kier alpha value is -2.54. The van der Waals surface area contributed by atoms with E-state index in [1.165, 1.54) is 17.1 Å². The molecular formula is C18H14ClF3N2O2. The standard InChI is InChI=1S/C18H14ClF3N2O2/c19-13-3-6-15(18(20,21)22)12(9-13)10-17(26)24-8-7-16(23-24)11-1-4-14(25)5-2-11/h1-6,9,25H,7-8,10H2. The number of nitrogens with zero attached hydrogens (tertiary/aromatic N) is 2. The van der Waals surface area contributed by atoms with Crippen molar-refractivity contribution in [3.63, 3.8) is 0 Å². The number of phenolic OH excluding ortho intramolecular Hbond substituents is 1. The molecule has 1 aliphatic rings. The molecule has 0 radical (unpaired) electrons. The van der Waals surface area contributed by atoms with Gasteiger partial charge in [-0.15, -0.1) is 0 Å². The highest BCUT2D eigenvalue weighted by Gasteiger charge is 2.34. The molecule has 0 aliphatic carbocycles. The maximum absolute atomic E-state index is 13.1. The van der Waals surface area contributed by atoms with Gasteiger partial charge >= 0.3 is 6.18 Å². The molecule has 0 saturated heterocycles. The number of carbonyl (C=O) groups excluding carboxylic acids is 1. The summed E-state index contributed by atoms with van der Waals surface area (Å²) in [6, 6.07) is 9.52. The third-order valence-electron chi connectivity index (χ3n) is 4.00. The van der Waals surface area contributed by atoms with E-state index in [1.54, 1.807) is 12.1 Å². The van der Waals surface area contributed by atoms with E-state index < -0.39 is 24.1 Å². The van der Waals surface area contributed by atoms with Gasteiger partial charge in [-0.05, 0) is 53.6 Å². The van der Waals surface area contributed by atoms with Gasteiger partial charge < -0.3 is 5.11 Å². The SMILES string of the molecule is O=C(Cc1cc(Cl)ccc1C(F)(F)F)N1CCC(c2ccc(O)cc2)=N1. The molecule has 0 fully saturated rings. The number of amides is 1. The summed E-state index contributed by atoms with van der Waals surface area (Å²) in [5.41, 5.74) is 0.331. The van der Waals surface area contributed by atoms with E-state index >= 15 is 0 Å². The maximum Gasteiger partial charge on any atom is 0.416 e. The number of alkyl halides is 3. The molecule has 4 nitrogen and oxygen atoms in total. The molecule has 0 atom stereocenters. The Balaban J connectivity index is 1.79. The highest BCUT2D eigenvalue weighted by Crippen LogP contribution is 2.34. The van der Waals surface area contributed by atoms with E-state index in [-0.39, 0.29) is 22.9 Å². The molecule has 1 N–H and O–H groups in total. The lowest BCUT2D eigenvalue weighted by molar-refractivity contribution is -0.138. The summed E-state index contributed by atoms with van der Waals surface area (Å²) < 4.78 is 39.3. The monoisotopic (exact) mass is 382 g/mol. The first-order valence-electron chi connectivity index (χ1n) is 7.77. The second-order valence-electron chi connectivity index (χ2n) is 5.84. The van der Waals surface area contributed by atoms with Crippen LogP contribution < -0.4 is 0 Å². The number of carbonyl (C=O) groups is 1. The lowest BCUT2D eigenvalue weighted by atomic mass is 10.0. The van der Waals surface area contributed by atoms with Crippen LogP contribution in [0, 0.1) is 0 Å². The highest BCUT2D eigenvalue weighted by molar-refractivity contribution is 6.30. The smallest absolute Gasteiger partial charge is 0.416 e. The van der Waals surface area contributed by atoms with Gasteiger partial charge in [-0.1, -0.05) is 11.6 Å². The third-order valence-corrected chi connectivity index (χ3v) is 4.24. The van der Waals surface area contributed by atoms with E-state index in [4.69, 9.17) is 11.6 Å². The van der Waals surface area contributed by atoms with Crippen molar-refractivity contribution in [1.29, 1.82) is 0 Å². The van der Waals surface area contributed by atoms with Gasteiger partial charge in [0, 0.05) is 11.4 Å². The normalized spacial score (nSPS) is 14.5. The van der Waals surface area contributed by atoms with Gasteiger partial charge in [-0.3, -0.25) is 4.79 Å². The number of hydrogen-bond donors (Lipinski definition) is 1. The Morgan fingerprint density at radius 1 is 1.19 bits per heavy atom. The predicted molar refractivity (Wildman–Crippen MR) is 91.1 cm³/mol. The molecule has 0 unspecified atom stereocenters. The number of hydrogen-bond acceptors (Lipinski definition) is 3. The Morgan fingerprint density at radius 3 is 2.54 bits per heavy atom. The Kier molecular flexibility index (Phi) is 4.91. The molecule has 3 rings (SSSR count). The Morgan fingerprint density at radius 2 is 1.88 bits per heavy atom. The van der Waals surface area contributed by atoms with E-state index in [9.17, 15) is 23.1 Å². The summed E-state index contributed by atoms with van der Waals surface area (Å²) in [7, 11) is 0. The molecule has 2 aromatic carbocycles. The van der Waals surface area contributed by atoms with Crippen molar-refractivity contribution in [1.82, 2.24) is 5.01 Å². The Bertz CT molecular complexity index is 864. The molecule has 0 bridgehead atoms. The van der Waals surface area contributed by atoms with E-state index in [1.807, 2.05) is 0 Å². The first-order valence-corrected chi connectivity index (χ1v) is 8.15. The lowest BCUT2D eigenvalue weighted by Crippen LogP contribution is -2.26. The van der Waals surface area contributed by atoms with Crippen LogP contribution in [0.2, 0.25) is 5.02 Å². The largest absolute Gasteiger partial charge is 0.508 e. The zero-order valence-corrected chi connectivity index (χ0v) is 14.2. The topological polar surface area (TPSA) is 52.9 Å². The zero-order chi connectivity index (χ0) is 18.9. The van der Waals surface area contributed by atoms with E-state index in [2.05, 4.69) is 5.10 Å². The number of halogens is 4. The number of hydrazone groups is 1. The van der Waals surface area contributed by atoms with Gasteiger partial charge in [-0.2, -0.15) is 18.3 Å². The summed E-state index contributed by atoms with van der Waals surface area (Å²) in [6.45, 7) is 0.289. The summed E-state index contributed by atoms with van der Waals surface area (Å²) in [4.78, 5) is 12.4. The van der Waals surface area contributed by atoms with Crippen LogP contribution in [0.5, 0.6) is 5.75 Å². The van der Waals surface area contributed by atoms with Gasteiger partial charge in [0.1, 0.15) is 5.75 Å². The summed E-state index contributed by atoms with van der Waals surface area (Å²) in [5, 5.41) is 14.8. The molecule has 8 heteroatoms. The molecule has 0 aromatic heterocycles. The molecule has 1 heterocycles. The second kappa shape index (κ2) is 6.99. The highest BCUT2D eigenvalue weighted by atomic mass is 35.5. The van der Waals surface area contributed by atoms with E-state index in [0.29, 0.717) is 12.1 Å². The van der Waals surface area contributed by atoms with Crippen LogP contribution in [0.4, 0.5) is 13.2 Å². The number of benzene rings is 2. The minimum absolute atomic E-state index is 0.112. The zero-order valence-electron chi connectivity index (χ0n) is 13.4. The molecule has 1 amide bonds. The van der Waals surface area contributed by atoms with Crippen molar-refractivity contribution in [2.45, 2.75) is 19.0 Å². The minimum atomic E-state index is -4.56. The van der Waals surface area contributed by atoms with Gasteiger partial charge in [0.05, 0.1) is 24.2 Å². The maximum atomic E-state index is 13.1. The van der Waals surface area contributed by atoms with Crippen molar-refractivity contribution in [3.05, 3.63) is 64.2 Å². The molecule has 136 valence electrons. The van der Waals surface area contributed by atoms with Crippen molar-refractivity contribution in [3.8, 4) is 5.75 Å². The molecular weight excluding hydrogens is 369 g/mol. The van der Waals surface area contributed by atoms with Crippen LogP contribution in [0.3, 0.4) is 0 Å². The first-order chi connectivity index (χ1) is 12.2.